The first kappa shape index (κ1) is 20.9. The topological polar surface area (TPSA) is 115 Å². The van der Waals surface area contributed by atoms with Gasteiger partial charge in [0.15, 0.2) is 0 Å². The summed E-state index contributed by atoms with van der Waals surface area (Å²) < 4.78 is 19.1. The molecule has 1 amide bonds. The molecule has 3 aromatic rings. The monoisotopic (exact) mass is 408 g/mol. The first-order valence-electron chi connectivity index (χ1n) is 9.08. The van der Waals surface area contributed by atoms with Crippen molar-refractivity contribution in [3.63, 3.8) is 0 Å². The average molecular weight is 408 g/mol. The first-order chi connectivity index (χ1) is 14.6. The number of ether oxygens (including phenoxy) is 1. The fourth-order valence-corrected chi connectivity index (χ4v) is 2.55. The number of anilines is 3. The molecule has 0 saturated heterocycles. The van der Waals surface area contributed by atoms with E-state index >= 15 is 0 Å². The zero-order chi connectivity index (χ0) is 21.3. The van der Waals surface area contributed by atoms with E-state index in [4.69, 9.17) is 10.5 Å². The van der Waals surface area contributed by atoms with Crippen LogP contribution in [0.2, 0.25) is 0 Å². The van der Waals surface area contributed by atoms with E-state index in [9.17, 15) is 9.18 Å². The number of benzene rings is 1. The number of nitrogens with zero attached hydrogens (tertiary/aromatic N) is 3. The van der Waals surface area contributed by atoms with Gasteiger partial charge in [-0.1, -0.05) is 6.08 Å². The molecule has 0 radical (unpaired) electrons. The number of methoxy groups -OCH3 is 1. The Hall–Kier alpha value is -3.85. The lowest BCUT2D eigenvalue weighted by molar-refractivity contribution is 0.102. The minimum atomic E-state index is -0.447. The van der Waals surface area contributed by atoms with Crippen molar-refractivity contribution in [2.45, 2.75) is 6.54 Å². The maximum absolute atomic E-state index is 14.2. The van der Waals surface area contributed by atoms with E-state index in [0.717, 1.165) is 0 Å². The average Bonchev–Trinajstić information content (AvgIpc) is 2.75. The number of hydrogen-bond acceptors (Lipinski definition) is 7. The second-order valence-electron chi connectivity index (χ2n) is 6.23. The maximum Gasteiger partial charge on any atom is 0.275 e. The zero-order valence-corrected chi connectivity index (χ0v) is 16.3. The van der Waals surface area contributed by atoms with Gasteiger partial charge in [-0.3, -0.25) is 9.78 Å². The van der Waals surface area contributed by atoms with Gasteiger partial charge in [0.2, 0.25) is 0 Å². The quantitative estimate of drug-likeness (QED) is 0.524. The number of nitrogens with one attached hydrogen (secondary N) is 2. The largest absolute Gasteiger partial charge is 0.382 e. The van der Waals surface area contributed by atoms with Gasteiger partial charge in [0.05, 0.1) is 30.4 Å². The predicted molar refractivity (Wildman–Crippen MR) is 113 cm³/mol. The Morgan fingerprint density at radius 1 is 1.23 bits per heavy atom. The molecule has 0 bridgehead atoms. The van der Waals surface area contributed by atoms with Crippen LogP contribution in [0.1, 0.15) is 21.7 Å². The van der Waals surface area contributed by atoms with Gasteiger partial charge in [-0.05, 0) is 36.4 Å². The lowest BCUT2D eigenvalue weighted by atomic mass is 10.1. The molecule has 0 spiro atoms. The van der Waals surface area contributed by atoms with Crippen molar-refractivity contribution in [3.05, 3.63) is 77.8 Å². The van der Waals surface area contributed by atoms with Gasteiger partial charge in [-0.15, -0.1) is 0 Å². The molecule has 30 heavy (non-hydrogen) atoms. The van der Waals surface area contributed by atoms with Crippen molar-refractivity contribution in [2.24, 2.45) is 0 Å². The predicted octanol–water partition coefficient (Wildman–Crippen LogP) is 3.12. The number of hydrogen-bond donors (Lipinski definition) is 3. The Morgan fingerprint density at radius 2 is 2.10 bits per heavy atom. The van der Waals surface area contributed by atoms with Gasteiger partial charge in [0.25, 0.3) is 5.91 Å². The molecular formula is C21H21FN6O2. The van der Waals surface area contributed by atoms with Crippen LogP contribution in [0.4, 0.5) is 21.6 Å². The summed E-state index contributed by atoms with van der Waals surface area (Å²) in [6.45, 7) is 0.632. The Balaban J connectivity index is 1.65. The molecule has 4 N–H and O–H groups in total. The highest BCUT2D eigenvalue weighted by molar-refractivity contribution is 6.02. The molecule has 0 saturated carbocycles. The molecule has 154 valence electrons. The standard InChI is InChI=1S/C21H21FN6O2/c1-30-9-3-4-16-12-27-19(13-25-16)21(29)28-15-6-7-17(22)14(10-15)11-26-18-5-2-8-24-20(18)23/h2-8,10,12-13,26H,9,11H2,1H3,(H2,23,24)(H,28,29)/b4-3-. The summed E-state index contributed by atoms with van der Waals surface area (Å²) in [4.78, 5) is 24.7. The fourth-order valence-electron chi connectivity index (χ4n) is 2.55. The molecule has 1 aromatic carbocycles. The van der Waals surface area contributed by atoms with Crippen LogP contribution in [0.15, 0.2) is 55.0 Å². The number of nitrogen functional groups attached to an aromatic ring is 1. The van der Waals surface area contributed by atoms with Gasteiger partial charge >= 0.3 is 0 Å². The van der Waals surface area contributed by atoms with Crippen LogP contribution in [0.3, 0.4) is 0 Å². The van der Waals surface area contributed by atoms with Gasteiger partial charge in [0.1, 0.15) is 17.3 Å². The van der Waals surface area contributed by atoms with Crippen molar-refractivity contribution in [1.29, 1.82) is 0 Å². The Labute approximate surface area is 173 Å². The van der Waals surface area contributed by atoms with E-state index in [0.29, 0.717) is 35.1 Å². The zero-order valence-electron chi connectivity index (χ0n) is 16.3. The third-order valence-electron chi connectivity index (χ3n) is 4.07. The van der Waals surface area contributed by atoms with E-state index in [1.807, 2.05) is 0 Å². The van der Waals surface area contributed by atoms with E-state index in [1.165, 1.54) is 24.5 Å². The summed E-state index contributed by atoms with van der Waals surface area (Å²) >= 11 is 0. The fraction of sp³-hybridized carbons (Fsp3) is 0.143. The number of halogens is 1. The van der Waals surface area contributed by atoms with Gasteiger partial charge in [-0.25, -0.2) is 14.4 Å². The molecule has 0 atom stereocenters. The molecule has 0 aliphatic heterocycles. The van der Waals surface area contributed by atoms with Crippen molar-refractivity contribution in [3.8, 4) is 0 Å². The number of nitrogens with two attached hydrogens (primary N) is 1. The summed E-state index contributed by atoms with van der Waals surface area (Å²) in [7, 11) is 1.59. The molecule has 0 aliphatic carbocycles. The van der Waals surface area contributed by atoms with E-state index in [2.05, 4.69) is 25.6 Å². The normalized spacial score (nSPS) is 10.9. The number of carbonyl (C=O) groups excluding carboxylic acids is 1. The summed E-state index contributed by atoms with van der Waals surface area (Å²) in [5.41, 5.74) is 7.92. The van der Waals surface area contributed by atoms with Crippen molar-refractivity contribution < 1.29 is 13.9 Å². The lowest BCUT2D eigenvalue weighted by Crippen LogP contribution is -2.15. The number of pyridine rings is 1. The number of amides is 1. The summed E-state index contributed by atoms with van der Waals surface area (Å²) in [5.74, 6) is -0.534. The molecule has 0 fully saturated rings. The molecule has 2 aromatic heterocycles. The Kier molecular flexibility index (Phi) is 7.01. The Bertz CT molecular complexity index is 1040. The summed E-state index contributed by atoms with van der Waals surface area (Å²) in [5, 5.41) is 5.73. The smallest absolute Gasteiger partial charge is 0.275 e. The van der Waals surface area contributed by atoms with Crippen LogP contribution < -0.4 is 16.4 Å². The van der Waals surface area contributed by atoms with Crippen molar-refractivity contribution in [2.75, 3.05) is 30.1 Å². The van der Waals surface area contributed by atoms with Crippen molar-refractivity contribution >= 4 is 29.2 Å². The highest BCUT2D eigenvalue weighted by atomic mass is 19.1. The van der Waals surface area contributed by atoms with E-state index in [1.54, 1.807) is 43.7 Å². The number of rotatable bonds is 8. The van der Waals surface area contributed by atoms with E-state index in [-0.39, 0.29) is 12.2 Å². The Morgan fingerprint density at radius 3 is 2.83 bits per heavy atom. The van der Waals surface area contributed by atoms with Crippen molar-refractivity contribution in [1.82, 2.24) is 15.0 Å². The minimum Gasteiger partial charge on any atom is -0.382 e. The maximum atomic E-state index is 14.2. The molecule has 9 heteroatoms. The van der Waals surface area contributed by atoms with Crippen LogP contribution >= 0.6 is 0 Å². The third-order valence-corrected chi connectivity index (χ3v) is 4.07. The summed E-state index contributed by atoms with van der Waals surface area (Å²) in [6, 6.07) is 7.78. The molecule has 2 heterocycles. The second-order valence-corrected chi connectivity index (χ2v) is 6.23. The minimum absolute atomic E-state index is 0.144. The van der Waals surface area contributed by atoms with Crippen LogP contribution in [0, 0.1) is 5.82 Å². The molecule has 0 aliphatic rings. The highest BCUT2D eigenvalue weighted by Gasteiger charge is 2.11. The van der Waals surface area contributed by atoms with Crippen LogP contribution in [-0.4, -0.2) is 34.6 Å². The first-order valence-corrected chi connectivity index (χ1v) is 9.08. The van der Waals surface area contributed by atoms with E-state index < -0.39 is 11.7 Å². The molecule has 3 rings (SSSR count). The van der Waals surface area contributed by atoms with Crippen LogP contribution in [0.25, 0.3) is 6.08 Å². The highest BCUT2D eigenvalue weighted by Crippen LogP contribution is 2.19. The number of carbonyl (C=O) groups is 1. The third kappa shape index (κ3) is 5.58. The molecule has 0 unspecified atom stereocenters. The molecule has 8 nitrogen and oxygen atoms in total. The van der Waals surface area contributed by atoms with Crippen LogP contribution in [-0.2, 0) is 11.3 Å². The van der Waals surface area contributed by atoms with Gasteiger partial charge < -0.3 is 21.1 Å². The van der Waals surface area contributed by atoms with Crippen LogP contribution in [0.5, 0.6) is 0 Å². The molecular weight excluding hydrogens is 387 g/mol. The summed E-state index contributed by atoms with van der Waals surface area (Å²) in [6.07, 6.45) is 7.96. The van der Waals surface area contributed by atoms with Gasteiger partial charge in [0, 0.05) is 31.1 Å². The number of aromatic nitrogens is 3. The lowest BCUT2D eigenvalue weighted by Gasteiger charge is -2.11. The van der Waals surface area contributed by atoms with Gasteiger partial charge in [-0.2, -0.15) is 0 Å². The second kappa shape index (κ2) is 10.1. The SMILES string of the molecule is COC/C=C\c1cnc(C(=O)Nc2ccc(F)c(CNc3cccnc3N)c2)cn1.